The molecule has 0 unspecified atom stereocenters. The average molecular weight is 130 g/mol. The van der Waals surface area contributed by atoms with Gasteiger partial charge in [0, 0.05) is 31.6 Å². The maximum Gasteiger partial charge on any atom is 0.0225 e. The summed E-state index contributed by atoms with van der Waals surface area (Å²) >= 11 is 4.19. The Labute approximate surface area is 54.8 Å². The van der Waals surface area contributed by atoms with E-state index in [4.69, 9.17) is 0 Å². The van der Waals surface area contributed by atoms with E-state index < -0.39 is 0 Å². The first-order valence-corrected chi connectivity index (χ1v) is 3.35. The molecule has 0 bridgehead atoms. The molecular weight excluding hydrogens is 120 g/mol. The van der Waals surface area contributed by atoms with E-state index >= 15 is 0 Å². The van der Waals surface area contributed by atoms with E-state index in [1.54, 1.807) is 0 Å². The molecule has 2 heterocycles. The van der Waals surface area contributed by atoms with Gasteiger partial charge in [-0.1, -0.05) is 12.8 Å². The standard InChI is InChI=1S/C5H10N2S/c8-7-3-5(4-7)1-6-2-5/h6,8H,1-4H2. The third kappa shape index (κ3) is 0.522. The zero-order valence-corrected chi connectivity index (χ0v) is 5.62. The Morgan fingerprint density at radius 3 is 2.12 bits per heavy atom. The van der Waals surface area contributed by atoms with Crippen LogP contribution in [0.2, 0.25) is 0 Å². The SMILES string of the molecule is SN1CC2(CNC2)C1. The Bertz CT molecular complexity index is 103. The van der Waals surface area contributed by atoms with Crippen molar-refractivity contribution in [3.05, 3.63) is 0 Å². The first-order chi connectivity index (χ1) is 3.81. The van der Waals surface area contributed by atoms with Crippen LogP contribution in [0.25, 0.3) is 0 Å². The van der Waals surface area contributed by atoms with Crippen molar-refractivity contribution in [3.8, 4) is 0 Å². The first-order valence-electron chi connectivity index (χ1n) is 2.95. The molecule has 0 atom stereocenters. The number of thiol groups is 1. The minimum Gasteiger partial charge on any atom is -0.315 e. The third-order valence-electron chi connectivity index (χ3n) is 2.04. The summed E-state index contributed by atoms with van der Waals surface area (Å²) in [4.78, 5) is 0. The van der Waals surface area contributed by atoms with Crippen LogP contribution in [0, 0.1) is 5.41 Å². The van der Waals surface area contributed by atoms with E-state index in [1.807, 2.05) is 0 Å². The Morgan fingerprint density at radius 1 is 1.38 bits per heavy atom. The van der Waals surface area contributed by atoms with E-state index in [2.05, 4.69) is 22.4 Å². The Kier molecular flexibility index (Phi) is 0.892. The number of nitrogens with one attached hydrogen (secondary N) is 1. The lowest BCUT2D eigenvalue weighted by Crippen LogP contribution is -2.68. The van der Waals surface area contributed by atoms with Crippen LogP contribution < -0.4 is 5.32 Å². The highest BCUT2D eigenvalue weighted by molar-refractivity contribution is 7.77. The summed E-state index contributed by atoms with van der Waals surface area (Å²) in [5.41, 5.74) is 0.655. The Balaban J connectivity index is 1.92. The minimum absolute atomic E-state index is 0.655. The highest BCUT2D eigenvalue weighted by atomic mass is 32.1. The molecule has 3 heteroatoms. The molecule has 0 aromatic rings. The molecule has 2 aliphatic heterocycles. The van der Waals surface area contributed by atoms with E-state index in [0.717, 1.165) is 0 Å². The summed E-state index contributed by atoms with van der Waals surface area (Å²) in [7, 11) is 0. The van der Waals surface area contributed by atoms with Gasteiger partial charge in [-0.05, 0) is 0 Å². The van der Waals surface area contributed by atoms with Gasteiger partial charge < -0.3 is 5.32 Å². The number of hydrogen-bond acceptors (Lipinski definition) is 3. The topological polar surface area (TPSA) is 15.3 Å². The van der Waals surface area contributed by atoms with Gasteiger partial charge in [-0.15, -0.1) is 0 Å². The highest BCUT2D eigenvalue weighted by Gasteiger charge is 2.46. The summed E-state index contributed by atoms with van der Waals surface area (Å²) in [6.45, 7) is 4.79. The van der Waals surface area contributed by atoms with E-state index in [0.29, 0.717) is 5.41 Å². The van der Waals surface area contributed by atoms with Crippen molar-refractivity contribution in [1.82, 2.24) is 9.62 Å². The van der Waals surface area contributed by atoms with Gasteiger partial charge in [-0.3, -0.25) is 4.31 Å². The fraction of sp³-hybridized carbons (Fsp3) is 1.00. The van der Waals surface area contributed by atoms with Crippen molar-refractivity contribution in [2.24, 2.45) is 5.41 Å². The largest absolute Gasteiger partial charge is 0.315 e. The zero-order valence-electron chi connectivity index (χ0n) is 4.72. The fourth-order valence-corrected chi connectivity index (χ4v) is 2.03. The summed E-state index contributed by atoms with van der Waals surface area (Å²) in [6.07, 6.45) is 0. The van der Waals surface area contributed by atoms with Crippen molar-refractivity contribution < 1.29 is 0 Å². The maximum absolute atomic E-state index is 4.19. The normalized spacial score (nSPS) is 34.1. The second-order valence-electron chi connectivity index (χ2n) is 2.93. The van der Waals surface area contributed by atoms with Crippen molar-refractivity contribution in [1.29, 1.82) is 0 Å². The number of nitrogens with zero attached hydrogens (tertiary/aromatic N) is 1. The van der Waals surface area contributed by atoms with E-state index in [1.165, 1.54) is 26.2 Å². The van der Waals surface area contributed by atoms with Gasteiger partial charge in [0.1, 0.15) is 0 Å². The Morgan fingerprint density at radius 2 is 2.00 bits per heavy atom. The molecule has 1 N–H and O–H groups in total. The van der Waals surface area contributed by atoms with Crippen molar-refractivity contribution in [3.63, 3.8) is 0 Å². The van der Waals surface area contributed by atoms with Gasteiger partial charge in [0.25, 0.3) is 0 Å². The number of hydrogen-bond donors (Lipinski definition) is 2. The van der Waals surface area contributed by atoms with Crippen molar-refractivity contribution in [2.75, 3.05) is 26.2 Å². The number of rotatable bonds is 0. The molecule has 46 valence electrons. The molecule has 0 saturated carbocycles. The van der Waals surface area contributed by atoms with Gasteiger partial charge in [-0.25, -0.2) is 0 Å². The lowest BCUT2D eigenvalue weighted by molar-refractivity contribution is 0.0250. The second kappa shape index (κ2) is 1.40. The predicted octanol–water partition coefficient (Wildman–Crippen LogP) is -0.264. The molecule has 2 saturated heterocycles. The molecule has 0 amide bonds. The summed E-state index contributed by atoms with van der Waals surface area (Å²) in [5, 5.41) is 3.26. The molecular formula is C5H10N2S. The third-order valence-corrected chi connectivity index (χ3v) is 2.32. The van der Waals surface area contributed by atoms with Gasteiger partial charge >= 0.3 is 0 Å². The molecule has 0 radical (unpaired) electrons. The molecule has 1 spiro atoms. The summed E-state index contributed by atoms with van der Waals surface area (Å²) in [5.74, 6) is 0. The molecule has 2 rings (SSSR count). The summed E-state index contributed by atoms with van der Waals surface area (Å²) in [6, 6.07) is 0. The van der Waals surface area contributed by atoms with Crippen LogP contribution in [0.5, 0.6) is 0 Å². The fourth-order valence-electron chi connectivity index (χ4n) is 1.43. The van der Waals surface area contributed by atoms with Gasteiger partial charge in [-0.2, -0.15) is 0 Å². The Hall–Kier alpha value is 0.270. The molecule has 0 aromatic heterocycles. The average Bonchev–Trinajstić information content (AvgIpc) is 1.51. The van der Waals surface area contributed by atoms with Gasteiger partial charge in [0.05, 0.1) is 0 Å². The second-order valence-corrected chi connectivity index (χ2v) is 3.49. The lowest BCUT2D eigenvalue weighted by Gasteiger charge is -2.54. The smallest absolute Gasteiger partial charge is 0.0225 e. The van der Waals surface area contributed by atoms with E-state index in [9.17, 15) is 0 Å². The quantitative estimate of drug-likeness (QED) is 0.439. The van der Waals surface area contributed by atoms with Gasteiger partial charge in [0.15, 0.2) is 0 Å². The van der Waals surface area contributed by atoms with E-state index in [-0.39, 0.29) is 0 Å². The van der Waals surface area contributed by atoms with Crippen LogP contribution in [-0.2, 0) is 0 Å². The molecule has 2 aliphatic rings. The molecule has 0 aromatic carbocycles. The first kappa shape index (κ1) is 5.09. The zero-order chi connectivity index (χ0) is 5.61. The maximum atomic E-state index is 4.19. The predicted molar refractivity (Wildman–Crippen MR) is 35.9 cm³/mol. The highest BCUT2D eigenvalue weighted by Crippen LogP contribution is 2.34. The molecule has 2 fully saturated rings. The van der Waals surface area contributed by atoms with Crippen LogP contribution in [0.15, 0.2) is 0 Å². The van der Waals surface area contributed by atoms with Crippen LogP contribution in [-0.4, -0.2) is 30.5 Å². The minimum atomic E-state index is 0.655. The molecule has 0 aliphatic carbocycles. The molecule has 2 nitrogen and oxygen atoms in total. The summed E-state index contributed by atoms with van der Waals surface area (Å²) < 4.78 is 2.07. The van der Waals surface area contributed by atoms with Crippen LogP contribution in [0.1, 0.15) is 0 Å². The van der Waals surface area contributed by atoms with Crippen molar-refractivity contribution >= 4 is 12.8 Å². The molecule has 8 heavy (non-hydrogen) atoms. The van der Waals surface area contributed by atoms with Crippen LogP contribution >= 0.6 is 12.8 Å². The van der Waals surface area contributed by atoms with Crippen LogP contribution in [0.4, 0.5) is 0 Å². The van der Waals surface area contributed by atoms with Gasteiger partial charge in [0.2, 0.25) is 0 Å². The lowest BCUT2D eigenvalue weighted by atomic mass is 9.76. The van der Waals surface area contributed by atoms with Crippen LogP contribution in [0.3, 0.4) is 0 Å². The monoisotopic (exact) mass is 130 g/mol. The van der Waals surface area contributed by atoms with Crippen molar-refractivity contribution in [2.45, 2.75) is 0 Å².